The van der Waals surface area contributed by atoms with Crippen molar-refractivity contribution in [2.24, 2.45) is 0 Å². The van der Waals surface area contributed by atoms with E-state index in [2.05, 4.69) is 42.3 Å². The number of aryl methyl sites for hydroxylation is 3. The van der Waals surface area contributed by atoms with E-state index in [1.165, 1.54) is 11.1 Å². The third-order valence-corrected chi connectivity index (χ3v) is 6.03. The number of carbonyl (C=O) groups is 1. The number of nitrogens with zero attached hydrogens (tertiary/aromatic N) is 3. The average molecular weight is 433 g/mol. The lowest BCUT2D eigenvalue weighted by molar-refractivity contribution is 0.0374. The fourth-order valence-corrected chi connectivity index (χ4v) is 3.96. The molecule has 0 atom stereocenters. The second-order valence-corrected chi connectivity index (χ2v) is 8.53. The maximum absolute atomic E-state index is 13.1. The molecule has 2 aromatic carbocycles. The van der Waals surface area contributed by atoms with E-state index in [1.54, 1.807) is 4.68 Å². The summed E-state index contributed by atoms with van der Waals surface area (Å²) in [7, 11) is 0. The Morgan fingerprint density at radius 1 is 1.03 bits per heavy atom. The molecule has 6 heteroatoms. The zero-order chi connectivity index (χ0) is 22.5. The second kappa shape index (κ2) is 10.1. The van der Waals surface area contributed by atoms with E-state index in [-0.39, 0.29) is 5.91 Å². The van der Waals surface area contributed by atoms with Gasteiger partial charge in [0.05, 0.1) is 24.6 Å². The molecule has 0 radical (unpaired) electrons. The van der Waals surface area contributed by atoms with Crippen LogP contribution in [0.25, 0.3) is 16.9 Å². The van der Waals surface area contributed by atoms with Gasteiger partial charge < -0.3 is 10.1 Å². The molecule has 0 spiro atoms. The molecule has 1 aliphatic heterocycles. The van der Waals surface area contributed by atoms with Crippen molar-refractivity contribution in [2.45, 2.75) is 27.2 Å². The third kappa shape index (κ3) is 5.26. The van der Waals surface area contributed by atoms with Gasteiger partial charge in [-0.25, -0.2) is 4.68 Å². The van der Waals surface area contributed by atoms with Gasteiger partial charge in [0.15, 0.2) is 0 Å². The number of hydrogen-bond acceptors (Lipinski definition) is 4. The number of carbonyl (C=O) groups excluding carboxylic acids is 1. The van der Waals surface area contributed by atoms with Crippen molar-refractivity contribution < 1.29 is 9.53 Å². The number of hydrogen-bond donors (Lipinski definition) is 1. The van der Waals surface area contributed by atoms with Crippen molar-refractivity contribution in [3.8, 4) is 16.9 Å². The van der Waals surface area contributed by atoms with Gasteiger partial charge >= 0.3 is 0 Å². The highest BCUT2D eigenvalue weighted by molar-refractivity contribution is 5.94. The van der Waals surface area contributed by atoms with E-state index >= 15 is 0 Å². The molecule has 3 aromatic rings. The van der Waals surface area contributed by atoms with Gasteiger partial charge in [-0.15, -0.1) is 0 Å². The summed E-state index contributed by atoms with van der Waals surface area (Å²) < 4.78 is 7.16. The fourth-order valence-electron chi connectivity index (χ4n) is 3.96. The molecule has 4 rings (SSSR count). The highest BCUT2D eigenvalue weighted by Crippen LogP contribution is 2.24. The molecule has 0 saturated carbocycles. The average Bonchev–Trinajstić information content (AvgIpc) is 3.25. The first-order chi connectivity index (χ1) is 15.5. The minimum absolute atomic E-state index is 0.101. The van der Waals surface area contributed by atoms with Crippen LogP contribution in [0.5, 0.6) is 0 Å². The van der Waals surface area contributed by atoms with Crippen LogP contribution in [0.15, 0.2) is 48.5 Å². The lowest BCUT2D eigenvalue weighted by Crippen LogP contribution is -2.38. The maximum atomic E-state index is 13.1. The fraction of sp³-hybridized carbons (Fsp3) is 0.385. The summed E-state index contributed by atoms with van der Waals surface area (Å²) in [5, 5.41) is 7.91. The first-order valence-corrected chi connectivity index (χ1v) is 11.3. The van der Waals surface area contributed by atoms with Gasteiger partial charge in [-0.3, -0.25) is 9.69 Å². The maximum Gasteiger partial charge on any atom is 0.270 e. The van der Waals surface area contributed by atoms with Gasteiger partial charge in [-0.05, 0) is 74.7 Å². The molecule has 1 fully saturated rings. The predicted octanol–water partition coefficient (Wildman–Crippen LogP) is 3.92. The largest absolute Gasteiger partial charge is 0.379 e. The Bertz CT molecular complexity index is 1080. The molecule has 0 aliphatic carbocycles. The Labute approximate surface area is 190 Å². The molecule has 6 nitrogen and oxygen atoms in total. The Hall–Kier alpha value is -2.96. The first-order valence-electron chi connectivity index (χ1n) is 11.3. The van der Waals surface area contributed by atoms with E-state index in [1.807, 2.05) is 37.3 Å². The van der Waals surface area contributed by atoms with Gasteiger partial charge in [0.25, 0.3) is 5.91 Å². The number of aromatic nitrogens is 2. The topological polar surface area (TPSA) is 59.4 Å². The van der Waals surface area contributed by atoms with Crippen LogP contribution in [0.1, 0.15) is 33.6 Å². The van der Waals surface area contributed by atoms with Crippen LogP contribution < -0.4 is 5.32 Å². The van der Waals surface area contributed by atoms with Gasteiger partial charge in [0, 0.05) is 25.2 Å². The Balaban J connectivity index is 1.54. The van der Waals surface area contributed by atoms with Crippen LogP contribution in [-0.4, -0.2) is 60.0 Å². The quantitative estimate of drug-likeness (QED) is 0.575. The highest BCUT2D eigenvalue weighted by atomic mass is 16.5. The molecular weight excluding hydrogens is 400 g/mol. The zero-order valence-corrected chi connectivity index (χ0v) is 19.2. The molecule has 1 aliphatic rings. The van der Waals surface area contributed by atoms with Crippen LogP contribution in [0, 0.1) is 20.8 Å². The summed E-state index contributed by atoms with van der Waals surface area (Å²) in [6.45, 7) is 11.4. The Kier molecular flexibility index (Phi) is 7.02. The number of nitrogens with one attached hydrogen (secondary N) is 1. The van der Waals surface area contributed by atoms with Crippen molar-refractivity contribution in [1.82, 2.24) is 20.0 Å². The molecule has 1 amide bonds. The molecule has 0 bridgehead atoms. The number of amides is 1. The minimum atomic E-state index is -0.101. The van der Waals surface area contributed by atoms with Crippen LogP contribution in [0.2, 0.25) is 0 Å². The predicted molar refractivity (Wildman–Crippen MR) is 127 cm³/mol. The molecule has 2 heterocycles. The molecule has 0 unspecified atom stereocenters. The first kappa shape index (κ1) is 22.2. The second-order valence-electron chi connectivity index (χ2n) is 8.53. The van der Waals surface area contributed by atoms with Gasteiger partial charge in [-0.1, -0.05) is 24.3 Å². The van der Waals surface area contributed by atoms with Gasteiger partial charge in [0.1, 0.15) is 5.69 Å². The Morgan fingerprint density at radius 3 is 2.59 bits per heavy atom. The van der Waals surface area contributed by atoms with Crippen LogP contribution in [0.4, 0.5) is 0 Å². The highest BCUT2D eigenvalue weighted by Gasteiger charge is 2.18. The smallest absolute Gasteiger partial charge is 0.270 e. The molecule has 32 heavy (non-hydrogen) atoms. The zero-order valence-electron chi connectivity index (χ0n) is 19.2. The number of ether oxygens (including phenoxy) is 1. The van der Waals surface area contributed by atoms with Crippen molar-refractivity contribution in [3.05, 3.63) is 70.9 Å². The van der Waals surface area contributed by atoms with Crippen molar-refractivity contribution in [2.75, 3.05) is 39.4 Å². The number of morpholine rings is 1. The van der Waals surface area contributed by atoms with Gasteiger partial charge in [-0.2, -0.15) is 5.10 Å². The van der Waals surface area contributed by atoms with Crippen molar-refractivity contribution >= 4 is 5.91 Å². The van der Waals surface area contributed by atoms with Crippen LogP contribution in [0.3, 0.4) is 0 Å². The molecule has 168 valence electrons. The monoisotopic (exact) mass is 432 g/mol. The summed E-state index contributed by atoms with van der Waals surface area (Å²) in [6.07, 6.45) is 0.911. The molecular formula is C26H32N4O2. The van der Waals surface area contributed by atoms with E-state index in [0.717, 1.165) is 61.8 Å². The molecule has 1 saturated heterocycles. The summed E-state index contributed by atoms with van der Waals surface area (Å²) in [6, 6.07) is 16.3. The van der Waals surface area contributed by atoms with E-state index in [9.17, 15) is 4.79 Å². The summed E-state index contributed by atoms with van der Waals surface area (Å²) >= 11 is 0. The standard InChI is InChI=1S/C26H32N4O2/c1-19-6-4-7-23(16-19)30-25(18-24(28-30)22-9-8-20(2)21(3)17-22)26(31)27-10-5-11-29-12-14-32-15-13-29/h4,6-9,16-18H,5,10-15H2,1-3H3,(H,27,31). The molecule has 1 aromatic heterocycles. The lowest BCUT2D eigenvalue weighted by Gasteiger charge is -2.26. The summed E-state index contributed by atoms with van der Waals surface area (Å²) in [5.41, 5.74) is 6.83. The van der Waals surface area contributed by atoms with Crippen molar-refractivity contribution in [1.29, 1.82) is 0 Å². The van der Waals surface area contributed by atoms with E-state index in [4.69, 9.17) is 9.84 Å². The summed E-state index contributed by atoms with van der Waals surface area (Å²) in [4.78, 5) is 15.5. The van der Waals surface area contributed by atoms with E-state index in [0.29, 0.717) is 12.2 Å². The Morgan fingerprint density at radius 2 is 1.84 bits per heavy atom. The summed E-state index contributed by atoms with van der Waals surface area (Å²) in [5.74, 6) is -0.101. The van der Waals surface area contributed by atoms with Crippen LogP contribution >= 0.6 is 0 Å². The third-order valence-electron chi connectivity index (χ3n) is 6.03. The van der Waals surface area contributed by atoms with Gasteiger partial charge in [0.2, 0.25) is 0 Å². The number of rotatable bonds is 7. The van der Waals surface area contributed by atoms with Crippen LogP contribution in [-0.2, 0) is 4.74 Å². The normalized spacial score (nSPS) is 14.5. The number of benzene rings is 2. The molecule has 1 N–H and O–H groups in total. The van der Waals surface area contributed by atoms with Crippen molar-refractivity contribution in [3.63, 3.8) is 0 Å². The SMILES string of the molecule is Cc1cccc(-n2nc(-c3ccc(C)c(C)c3)cc2C(=O)NCCCN2CCOCC2)c1. The minimum Gasteiger partial charge on any atom is -0.379 e. The van der Waals surface area contributed by atoms with E-state index < -0.39 is 0 Å². The lowest BCUT2D eigenvalue weighted by atomic mass is 10.0.